The molecule has 0 radical (unpaired) electrons. The van der Waals surface area contributed by atoms with Crippen LogP contribution in [0.2, 0.25) is 0 Å². The highest BCUT2D eigenvalue weighted by molar-refractivity contribution is 5.80. The molecule has 0 saturated heterocycles. The summed E-state index contributed by atoms with van der Waals surface area (Å²) in [5, 5.41) is 16.5. The van der Waals surface area contributed by atoms with Gasteiger partial charge in [-0.25, -0.2) is 0 Å². The van der Waals surface area contributed by atoms with Crippen LogP contribution in [0.1, 0.15) is 71.1 Å². The molecule has 24 heavy (non-hydrogen) atoms. The minimum atomic E-state index is -0.0992. The fourth-order valence-electron chi connectivity index (χ4n) is 3.95. The van der Waals surface area contributed by atoms with Gasteiger partial charge in [0.1, 0.15) is 0 Å². The summed E-state index contributed by atoms with van der Waals surface area (Å²) in [6.45, 7) is 5.02. The zero-order chi connectivity index (χ0) is 17.2. The van der Waals surface area contributed by atoms with E-state index in [4.69, 9.17) is 4.99 Å². The van der Waals surface area contributed by atoms with E-state index in [1.54, 1.807) is 0 Å². The van der Waals surface area contributed by atoms with E-state index in [2.05, 4.69) is 29.5 Å². The normalized spacial score (nSPS) is 26.6. The Balaban J connectivity index is 1.68. The van der Waals surface area contributed by atoms with E-state index in [1.165, 1.54) is 32.1 Å². The molecule has 0 amide bonds. The molecule has 140 valence electrons. The third-order valence-electron chi connectivity index (χ3n) is 5.52. The van der Waals surface area contributed by atoms with Crippen molar-refractivity contribution in [3.05, 3.63) is 0 Å². The van der Waals surface area contributed by atoms with Gasteiger partial charge in [-0.1, -0.05) is 19.3 Å². The van der Waals surface area contributed by atoms with Crippen molar-refractivity contribution in [2.75, 3.05) is 26.7 Å². The molecule has 0 atom stereocenters. The summed E-state index contributed by atoms with van der Waals surface area (Å²) in [5.74, 6) is 0.944. The summed E-state index contributed by atoms with van der Waals surface area (Å²) >= 11 is 0. The highest BCUT2D eigenvalue weighted by atomic mass is 16.3. The molecular formula is C19H38N4O. The predicted molar refractivity (Wildman–Crippen MR) is 101 cm³/mol. The van der Waals surface area contributed by atoms with Gasteiger partial charge in [0.2, 0.25) is 0 Å². The summed E-state index contributed by atoms with van der Waals surface area (Å²) in [5.41, 5.74) is 0. The largest absolute Gasteiger partial charge is 0.393 e. The summed E-state index contributed by atoms with van der Waals surface area (Å²) in [6.07, 6.45) is 11.9. The highest BCUT2D eigenvalue weighted by Gasteiger charge is 2.20. The van der Waals surface area contributed by atoms with Gasteiger partial charge in [-0.3, -0.25) is 4.99 Å². The van der Waals surface area contributed by atoms with Crippen LogP contribution in [0.15, 0.2) is 4.99 Å². The number of aliphatic hydroxyl groups is 1. The molecule has 2 aliphatic rings. The second-order valence-corrected chi connectivity index (χ2v) is 7.54. The number of guanidine groups is 1. The van der Waals surface area contributed by atoms with Crippen LogP contribution in [0.3, 0.4) is 0 Å². The van der Waals surface area contributed by atoms with Crippen LogP contribution in [0.4, 0.5) is 0 Å². The SMILES string of the molecule is CCNC(=NCCCN(C)C1CCCCC1)NC1CCC(O)CC1. The van der Waals surface area contributed by atoms with E-state index in [1.807, 2.05) is 0 Å². The van der Waals surface area contributed by atoms with Crippen molar-refractivity contribution >= 4 is 5.96 Å². The second kappa shape index (κ2) is 10.9. The molecule has 5 nitrogen and oxygen atoms in total. The van der Waals surface area contributed by atoms with Crippen molar-refractivity contribution in [3.8, 4) is 0 Å². The molecule has 0 aromatic rings. The average Bonchev–Trinajstić information content (AvgIpc) is 2.61. The predicted octanol–water partition coefficient (Wildman–Crippen LogP) is 2.50. The molecule has 0 unspecified atom stereocenters. The van der Waals surface area contributed by atoms with Gasteiger partial charge in [0.25, 0.3) is 0 Å². The van der Waals surface area contributed by atoms with E-state index < -0.39 is 0 Å². The molecule has 2 aliphatic carbocycles. The molecule has 0 aromatic carbocycles. The first-order valence-corrected chi connectivity index (χ1v) is 10.1. The van der Waals surface area contributed by atoms with Crippen molar-refractivity contribution < 1.29 is 5.11 Å². The monoisotopic (exact) mass is 338 g/mol. The number of nitrogens with one attached hydrogen (secondary N) is 2. The zero-order valence-electron chi connectivity index (χ0n) is 15.8. The Morgan fingerprint density at radius 3 is 2.46 bits per heavy atom. The fourth-order valence-corrected chi connectivity index (χ4v) is 3.95. The van der Waals surface area contributed by atoms with Crippen molar-refractivity contribution in [1.82, 2.24) is 15.5 Å². The van der Waals surface area contributed by atoms with Gasteiger partial charge in [-0.15, -0.1) is 0 Å². The number of aliphatic hydroxyl groups excluding tert-OH is 1. The molecule has 0 heterocycles. The Morgan fingerprint density at radius 2 is 1.79 bits per heavy atom. The molecule has 3 N–H and O–H groups in total. The lowest BCUT2D eigenvalue weighted by atomic mass is 9.93. The molecule has 2 fully saturated rings. The first kappa shape index (κ1) is 19.5. The topological polar surface area (TPSA) is 59.9 Å². The molecule has 0 bridgehead atoms. The van der Waals surface area contributed by atoms with Crippen LogP contribution in [-0.2, 0) is 0 Å². The van der Waals surface area contributed by atoms with Crippen LogP contribution in [0.5, 0.6) is 0 Å². The minimum absolute atomic E-state index is 0.0992. The maximum absolute atomic E-state index is 9.62. The van der Waals surface area contributed by atoms with E-state index in [-0.39, 0.29) is 6.10 Å². The molecule has 2 saturated carbocycles. The van der Waals surface area contributed by atoms with Gasteiger partial charge < -0.3 is 20.6 Å². The number of nitrogens with zero attached hydrogens (tertiary/aromatic N) is 2. The van der Waals surface area contributed by atoms with Crippen LogP contribution < -0.4 is 10.6 Å². The maximum atomic E-state index is 9.62. The van der Waals surface area contributed by atoms with Gasteiger partial charge in [0.05, 0.1) is 6.10 Å². The van der Waals surface area contributed by atoms with Crippen LogP contribution in [0, 0.1) is 0 Å². The summed E-state index contributed by atoms with van der Waals surface area (Å²) in [7, 11) is 2.27. The Hall–Kier alpha value is -0.810. The van der Waals surface area contributed by atoms with Gasteiger partial charge in [-0.2, -0.15) is 0 Å². The summed E-state index contributed by atoms with van der Waals surface area (Å²) in [6, 6.07) is 1.25. The average molecular weight is 339 g/mol. The zero-order valence-corrected chi connectivity index (χ0v) is 15.8. The second-order valence-electron chi connectivity index (χ2n) is 7.54. The Bertz CT molecular complexity index is 360. The number of aliphatic imine (C=N–C) groups is 1. The lowest BCUT2D eigenvalue weighted by Gasteiger charge is -2.31. The molecule has 0 aliphatic heterocycles. The molecule has 0 spiro atoms. The van der Waals surface area contributed by atoms with Crippen molar-refractivity contribution in [2.24, 2.45) is 4.99 Å². The third kappa shape index (κ3) is 6.98. The number of hydrogen-bond donors (Lipinski definition) is 3. The van der Waals surface area contributed by atoms with Gasteiger partial charge in [-0.05, 0) is 65.5 Å². The Labute approximate surface area is 148 Å². The number of hydrogen-bond acceptors (Lipinski definition) is 3. The van der Waals surface area contributed by atoms with Gasteiger partial charge in [0.15, 0.2) is 5.96 Å². The van der Waals surface area contributed by atoms with Crippen LogP contribution in [0.25, 0.3) is 0 Å². The van der Waals surface area contributed by atoms with Crippen LogP contribution in [-0.4, -0.2) is 60.8 Å². The molecule has 5 heteroatoms. The van der Waals surface area contributed by atoms with Crippen molar-refractivity contribution in [2.45, 2.75) is 89.3 Å². The van der Waals surface area contributed by atoms with Gasteiger partial charge in [0, 0.05) is 25.2 Å². The first-order chi connectivity index (χ1) is 11.7. The Morgan fingerprint density at radius 1 is 1.08 bits per heavy atom. The van der Waals surface area contributed by atoms with E-state index in [0.29, 0.717) is 6.04 Å². The smallest absolute Gasteiger partial charge is 0.191 e. The quantitative estimate of drug-likeness (QED) is 0.379. The highest BCUT2D eigenvalue weighted by Crippen LogP contribution is 2.21. The Kier molecular flexibility index (Phi) is 8.89. The lowest BCUT2D eigenvalue weighted by molar-refractivity contribution is 0.120. The minimum Gasteiger partial charge on any atom is -0.393 e. The van der Waals surface area contributed by atoms with E-state index in [9.17, 15) is 5.11 Å². The van der Waals surface area contributed by atoms with Crippen molar-refractivity contribution in [3.63, 3.8) is 0 Å². The van der Waals surface area contributed by atoms with E-state index in [0.717, 1.165) is 63.7 Å². The number of rotatable bonds is 7. The molecule has 2 rings (SSSR count). The fraction of sp³-hybridized carbons (Fsp3) is 0.947. The van der Waals surface area contributed by atoms with E-state index >= 15 is 0 Å². The molecular weight excluding hydrogens is 300 g/mol. The maximum Gasteiger partial charge on any atom is 0.191 e. The van der Waals surface area contributed by atoms with Crippen LogP contribution >= 0.6 is 0 Å². The van der Waals surface area contributed by atoms with Crippen molar-refractivity contribution in [1.29, 1.82) is 0 Å². The van der Waals surface area contributed by atoms with Gasteiger partial charge >= 0.3 is 0 Å². The summed E-state index contributed by atoms with van der Waals surface area (Å²) in [4.78, 5) is 7.29. The lowest BCUT2D eigenvalue weighted by Crippen LogP contribution is -2.45. The molecule has 0 aromatic heterocycles. The summed E-state index contributed by atoms with van der Waals surface area (Å²) < 4.78 is 0. The standard InChI is InChI=1S/C19H38N4O/c1-3-20-19(22-16-10-12-18(24)13-11-16)21-14-7-15-23(2)17-8-5-4-6-9-17/h16-18,24H,3-15H2,1-2H3,(H2,20,21,22). The third-order valence-corrected chi connectivity index (χ3v) is 5.52. The first-order valence-electron chi connectivity index (χ1n) is 10.1.